The van der Waals surface area contributed by atoms with Crippen LogP contribution >= 0.6 is 0 Å². The number of unbranched alkanes of at least 4 members (excludes halogenated alkanes) is 3. The second kappa shape index (κ2) is 12.0. The predicted molar refractivity (Wildman–Crippen MR) is 97.1 cm³/mol. The van der Waals surface area contributed by atoms with Gasteiger partial charge in [0.1, 0.15) is 5.78 Å². The van der Waals surface area contributed by atoms with E-state index in [9.17, 15) is 19.8 Å². The number of hydrogen-bond acceptors (Lipinski definition) is 4. The van der Waals surface area contributed by atoms with Gasteiger partial charge in [-0.05, 0) is 31.6 Å². The number of rotatable bonds is 12. The van der Waals surface area contributed by atoms with E-state index >= 15 is 0 Å². The van der Waals surface area contributed by atoms with Crippen molar-refractivity contribution in [2.24, 2.45) is 11.8 Å². The van der Waals surface area contributed by atoms with E-state index in [1.165, 1.54) is 0 Å². The van der Waals surface area contributed by atoms with Crippen LogP contribution in [0.4, 0.5) is 0 Å². The lowest BCUT2D eigenvalue weighted by molar-refractivity contribution is -0.137. The van der Waals surface area contributed by atoms with Crippen molar-refractivity contribution in [2.75, 3.05) is 0 Å². The number of allylic oxidation sites excluding steroid dienone is 2. The molecule has 0 amide bonds. The third kappa shape index (κ3) is 8.45. The second-order valence-electron chi connectivity index (χ2n) is 6.87. The van der Waals surface area contributed by atoms with E-state index in [0.29, 0.717) is 19.3 Å². The summed E-state index contributed by atoms with van der Waals surface area (Å²) in [6.45, 7) is 2.12. The SMILES string of the molecule is CCCCC[C@@H]1[C@@H](O)CC(=O)[C@@H]1/C=C/[C@H](O)C/C=C\CCCC(=O)O. The first-order valence-electron chi connectivity index (χ1n) is 9.39. The lowest BCUT2D eigenvalue weighted by Gasteiger charge is -2.18. The molecule has 1 rings (SSSR count). The number of carbonyl (C=O) groups excluding carboxylic acids is 1. The molecule has 4 atom stereocenters. The van der Waals surface area contributed by atoms with E-state index in [1.54, 1.807) is 12.2 Å². The first kappa shape index (κ1) is 21.6. The Morgan fingerprint density at radius 1 is 1.28 bits per heavy atom. The molecule has 5 heteroatoms. The third-order valence-corrected chi connectivity index (χ3v) is 4.72. The fourth-order valence-corrected chi connectivity index (χ4v) is 3.27. The Balaban J connectivity index is 2.41. The van der Waals surface area contributed by atoms with E-state index < -0.39 is 18.2 Å². The van der Waals surface area contributed by atoms with Gasteiger partial charge < -0.3 is 15.3 Å². The Morgan fingerprint density at radius 2 is 2.04 bits per heavy atom. The molecule has 0 aromatic carbocycles. The van der Waals surface area contributed by atoms with Crippen LogP contribution < -0.4 is 0 Å². The lowest BCUT2D eigenvalue weighted by Crippen LogP contribution is -2.19. The van der Waals surface area contributed by atoms with Crippen molar-refractivity contribution in [3.8, 4) is 0 Å². The predicted octanol–water partition coefficient (Wildman–Crippen LogP) is 3.25. The Hall–Kier alpha value is -1.46. The van der Waals surface area contributed by atoms with Gasteiger partial charge in [0.05, 0.1) is 12.2 Å². The second-order valence-corrected chi connectivity index (χ2v) is 6.87. The standard InChI is InChI=1S/C20H32O5/c1-2-3-6-10-16-17(19(23)14-18(16)22)13-12-15(21)9-7-4-5-8-11-20(24)25/h4,7,12-13,15-18,21-22H,2-3,5-6,8-11,14H2,1H3,(H,24,25)/b7-4-,13-12+/t15-,16+,17-,18+/m1/s1. The molecule has 1 saturated carbocycles. The molecule has 0 spiro atoms. The molecule has 0 aromatic rings. The zero-order chi connectivity index (χ0) is 18.7. The van der Waals surface area contributed by atoms with Crippen molar-refractivity contribution in [3.05, 3.63) is 24.3 Å². The number of carbonyl (C=O) groups is 2. The molecule has 1 aliphatic rings. The van der Waals surface area contributed by atoms with E-state index in [-0.39, 0.29) is 30.5 Å². The first-order valence-corrected chi connectivity index (χ1v) is 9.39. The third-order valence-electron chi connectivity index (χ3n) is 4.72. The van der Waals surface area contributed by atoms with Crippen LogP contribution in [-0.2, 0) is 9.59 Å². The number of aliphatic hydroxyl groups is 2. The molecule has 0 bridgehead atoms. The molecule has 0 unspecified atom stereocenters. The quantitative estimate of drug-likeness (QED) is 0.370. The van der Waals surface area contributed by atoms with Gasteiger partial charge in [-0.15, -0.1) is 0 Å². The lowest BCUT2D eigenvalue weighted by atomic mass is 9.88. The van der Waals surface area contributed by atoms with Gasteiger partial charge in [0, 0.05) is 18.8 Å². The highest BCUT2D eigenvalue weighted by Crippen LogP contribution is 2.34. The number of aliphatic carboxylic acids is 1. The summed E-state index contributed by atoms with van der Waals surface area (Å²) < 4.78 is 0. The van der Waals surface area contributed by atoms with Gasteiger partial charge in [0.25, 0.3) is 0 Å². The van der Waals surface area contributed by atoms with Crippen molar-refractivity contribution in [3.63, 3.8) is 0 Å². The Kier molecular flexibility index (Phi) is 10.3. The van der Waals surface area contributed by atoms with Crippen LogP contribution in [0.1, 0.15) is 64.7 Å². The molecule has 142 valence electrons. The highest BCUT2D eigenvalue weighted by Gasteiger charge is 2.39. The molecule has 25 heavy (non-hydrogen) atoms. The zero-order valence-electron chi connectivity index (χ0n) is 15.1. The van der Waals surface area contributed by atoms with Crippen LogP contribution in [0.25, 0.3) is 0 Å². The molecule has 0 aliphatic heterocycles. The average molecular weight is 352 g/mol. The topological polar surface area (TPSA) is 94.8 Å². The fourth-order valence-electron chi connectivity index (χ4n) is 3.27. The summed E-state index contributed by atoms with van der Waals surface area (Å²) in [6.07, 6.45) is 12.0. The number of ketones is 1. The van der Waals surface area contributed by atoms with Crippen LogP contribution in [0.15, 0.2) is 24.3 Å². The van der Waals surface area contributed by atoms with E-state index in [2.05, 4.69) is 6.92 Å². The smallest absolute Gasteiger partial charge is 0.303 e. The van der Waals surface area contributed by atoms with Gasteiger partial charge >= 0.3 is 5.97 Å². The molecule has 1 fully saturated rings. The molecule has 3 N–H and O–H groups in total. The largest absolute Gasteiger partial charge is 0.481 e. The van der Waals surface area contributed by atoms with E-state index in [4.69, 9.17) is 5.11 Å². The fraction of sp³-hybridized carbons (Fsp3) is 0.700. The summed E-state index contributed by atoms with van der Waals surface area (Å²) in [7, 11) is 0. The van der Waals surface area contributed by atoms with Crippen LogP contribution in [0.2, 0.25) is 0 Å². The summed E-state index contributed by atoms with van der Waals surface area (Å²) in [6, 6.07) is 0. The molecule has 1 aliphatic carbocycles. The first-order chi connectivity index (χ1) is 12.0. The highest BCUT2D eigenvalue weighted by molar-refractivity contribution is 5.85. The highest BCUT2D eigenvalue weighted by atomic mass is 16.4. The minimum absolute atomic E-state index is 0.0333. The maximum atomic E-state index is 12.1. The summed E-state index contributed by atoms with van der Waals surface area (Å²) in [5.74, 6) is -1.06. The van der Waals surface area contributed by atoms with Crippen LogP contribution in [-0.4, -0.2) is 39.3 Å². The Morgan fingerprint density at radius 3 is 2.72 bits per heavy atom. The minimum Gasteiger partial charge on any atom is -0.481 e. The van der Waals surface area contributed by atoms with Crippen molar-refractivity contribution >= 4 is 11.8 Å². The molecule has 0 aromatic heterocycles. The average Bonchev–Trinajstić information content (AvgIpc) is 2.82. The zero-order valence-corrected chi connectivity index (χ0v) is 15.1. The van der Waals surface area contributed by atoms with Crippen LogP contribution in [0.3, 0.4) is 0 Å². The molecular weight excluding hydrogens is 320 g/mol. The number of aliphatic hydroxyl groups excluding tert-OH is 2. The van der Waals surface area contributed by atoms with Crippen LogP contribution in [0.5, 0.6) is 0 Å². The summed E-state index contributed by atoms with van der Waals surface area (Å²) >= 11 is 0. The van der Waals surface area contributed by atoms with Crippen molar-refractivity contribution in [1.82, 2.24) is 0 Å². The number of carboxylic acids is 1. The maximum Gasteiger partial charge on any atom is 0.303 e. The normalized spacial score (nSPS) is 25.2. The van der Waals surface area contributed by atoms with Gasteiger partial charge in [-0.25, -0.2) is 0 Å². The van der Waals surface area contributed by atoms with Crippen LogP contribution in [0, 0.1) is 11.8 Å². The van der Waals surface area contributed by atoms with Crippen molar-refractivity contribution in [1.29, 1.82) is 0 Å². The Labute approximate surface area is 150 Å². The number of hydrogen-bond donors (Lipinski definition) is 3. The summed E-state index contributed by atoms with van der Waals surface area (Å²) in [4.78, 5) is 22.5. The summed E-state index contributed by atoms with van der Waals surface area (Å²) in [5, 5.41) is 28.6. The number of Topliss-reactive ketones (excluding diaryl/α,β-unsaturated/α-hetero) is 1. The van der Waals surface area contributed by atoms with E-state index in [1.807, 2.05) is 12.2 Å². The molecular formula is C20H32O5. The van der Waals surface area contributed by atoms with Gasteiger partial charge in [-0.3, -0.25) is 9.59 Å². The molecule has 5 nitrogen and oxygen atoms in total. The summed E-state index contributed by atoms with van der Waals surface area (Å²) in [5.41, 5.74) is 0. The molecule has 0 saturated heterocycles. The van der Waals surface area contributed by atoms with Gasteiger partial charge in [0.2, 0.25) is 0 Å². The number of carboxylic acid groups (broad SMARTS) is 1. The monoisotopic (exact) mass is 352 g/mol. The molecule has 0 heterocycles. The molecule has 0 radical (unpaired) electrons. The van der Waals surface area contributed by atoms with Gasteiger partial charge in [-0.2, -0.15) is 0 Å². The van der Waals surface area contributed by atoms with Crippen molar-refractivity contribution < 1.29 is 24.9 Å². The van der Waals surface area contributed by atoms with Gasteiger partial charge in [-0.1, -0.05) is 50.5 Å². The van der Waals surface area contributed by atoms with E-state index in [0.717, 1.165) is 25.7 Å². The minimum atomic E-state index is -0.798. The maximum absolute atomic E-state index is 12.1. The van der Waals surface area contributed by atoms with Gasteiger partial charge in [0.15, 0.2) is 0 Å². The Bertz CT molecular complexity index is 469. The van der Waals surface area contributed by atoms with Crippen molar-refractivity contribution in [2.45, 2.75) is 76.9 Å².